The highest BCUT2D eigenvalue weighted by molar-refractivity contribution is 9.10. The maximum atomic E-state index is 12.4. The molecule has 1 aromatic heterocycles. The number of nitrogens with zero attached hydrogens (tertiary/aromatic N) is 2. The largest absolute Gasteiger partial charge is 0.290 e. The Morgan fingerprint density at radius 3 is 2.64 bits per heavy atom. The fourth-order valence-electron chi connectivity index (χ4n) is 2.13. The fraction of sp³-hybridized carbons (Fsp3) is 0.0588. The van der Waals surface area contributed by atoms with Crippen molar-refractivity contribution in [1.82, 2.24) is 4.57 Å². The minimum Gasteiger partial charge on any atom is -0.290 e. The summed E-state index contributed by atoms with van der Waals surface area (Å²) in [5.74, 6) is -0.243. The lowest BCUT2D eigenvalue weighted by molar-refractivity contribution is 0.0998. The molecule has 0 aliphatic carbocycles. The Bertz CT molecular complexity index is 881. The van der Waals surface area contributed by atoms with E-state index in [1.54, 1.807) is 12.1 Å². The van der Waals surface area contributed by atoms with Gasteiger partial charge in [-0.05, 0) is 37.3 Å². The Morgan fingerprint density at radius 1 is 1.14 bits per heavy atom. The minimum atomic E-state index is -0.243. The van der Waals surface area contributed by atoms with Crippen LogP contribution < -0.4 is 4.80 Å². The van der Waals surface area contributed by atoms with E-state index >= 15 is 0 Å². The summed E-state index contributed by atoms with van der Waals surface area (Å²) in [6, 6.07) is 17.2. The number of aromatic nitrogens is 1. The molecular formula is C17H13BrN2OS. The second-order valence-electron chi connectivity index (χ2n) is 4.76. The van der Waals surface area contributed by atoms with E-state index in [1.165, 1.54) is 11.3 Å². The van der Waals surface area contributed by atoms with Crippen molar-refractivity contribution in [2.24, 2.45) is 4.99 Å². The van der Waals surface area contributed by atoms with Gasteiger partial charge in [-0.1, -0.05) is 40.2 Å². The van der Waals surface area contributed by atoms with Crippen LogP contribution in [-0.2, 0) is 0 Å². The molecule has 0 atom stereocenters. The van der Waals surface area contributed by atoms with Crippen LogP contribution in [-0.4, -0.2) is 10.5 Å². The van der Waals surface area contributed by atoms with Gasteiger partial charge in [-0.2, -0.15) is 4.99 Å². The molecular weight excluding hydrogens is 360 g/mol. The Morgan fingerprint density at radius 2 is 1.91 bits per heavy atom. The summed E-state index contributed by atoms with van der Waals surface area (Å²) in [7, 11) is 0. The first kappa shape index (κ1) is 14.9. The summed E-state index contributed by atoms with van der Waals surface area (Å²) >= 11 is 4.84. The number of para-hydroxylation sites is 1. The Balaban J connectivity index is 2.08. The van der Waals surface area contributed by atoms with Crippen molar-refractivity contribution >= 4 is 33.2 Å². The van der Waals surface area contributed by atoms with Gasteiger partial charge in [-0.25, -0.2) is 0 Å². The molecule has 0 saturated carbocycles. The first-order chi connectivity index (χ1) is 10.6. The predicted octanol–water partition coefficient (Wildman–Crippen LogP) is 4.35. The molecule has 5 heteroatoms. The lowest BCUT2D eigenvalue weighted by Gasteiger charge is -2.05. The van der Waals surface area contributed by atoms with Crippen molar-refractivity contribution in [3.05, 3.63) is 80.5 Å². The van der Waals surface area contributed by atoms with Gasteiger partial charge in [0.2, 0.25) is 0 Å². The minimum absolute atomic E-state index is 0.243. The summed E-state index contributed by atoms with van der Waals surface area (Å²) in [4.78, 5) is 17.3. The average molecular weight is 373 g/mol. The smallest absolute Gasteiger partial charge is 0.279 e. The Labute approximate surface area is 140 Å². The molecule has 0 fully saturated rings. The highest BCUT2D eigenvalue weighted by Gasteiger charge is 2.08. The zero-order valence-electron chi connectivity index (χ0n) is 11.9. The maximum absolute atomic E-state index is 12.4. The van der Waals surface area contributed by atoms with Crippen molar-refractivity contribution in [1.29, 1.82) is 0 Å². The number of aryl methyl sites for hydroxylation is 1. The molecule has 0 radical (unpaired) electrons. The summed E-state index contributed by atoms with van der Waals surface area (Å²) in [5, 5.41) is 2.00. The molecule has 1 heterocycles. The lowest BCUT2D eigenvalue weighted by atomic mass is 10.2. The van der Waals surface area contributed by atoms with Crippen LogP contribution in [0.2, 0.25) is 0 Å². The summed E-state index contributed by atoms with van der Waals surface area (Å²) in [6.07, 6.45) is 0. The van der Waals surface area contributed by atoms with E-state index < -0.39 is 0 Å². The van der Waals surface area contributed by atoms with Crippen LogP contribution in [0, 0.1) is 6.92 Å². The first-order valence-electron chi connectivity index (χ1n) is 6.72. The number of carbonyl (C=O) groups is 1. The number of hydrogen-bond acceptors (Lipinski definition) is 2. The monoisotopic (exact) mass is 372 g/mol. The van der Waals surface area contributed by atoms with Crippen molar-refractivity contribution in [2.45, 2.75) is 6.92 Å². The van der Waals surface area contributed by atoms with Gasteiger partial charge in [0.05, 0.1) is 0 Å². The van der Waals surface area contributed by atoms with E-state index in [2.05, 4.69) is 20.9 Å². The Kier molecular flexibility index (Phi) is 4.36. The number of halogens is 1. The number of rotatable bonds is 2. The van der Waals surface area contributed by atoms with Crippen molar-refractivity contribution in [3.8, 4) is 5.69 Å². The van der Waals surface area contributed by atoms with Crippen molar-refractivity contribution in [3.63, 3.8) is 0 Å². The molecule has 1 amide bonds. The highest BCUT2D eigenvalue weighted by atomic mass is 79.9. The van der Waals surface area contributed by atoms with E-state index in [9.17, 15) is 4.79 Å². The van der Waals surface area contributed by atoms with E-state index in [-0.39, 0.29) is 5.91 Å². The van der Waals surface area contributed by atoms with Gasteiger partial charge < -0.3 is 0 Å². The SMILES string of the molecule is Cc1csc(=NC(=O)c2cccc(Br)c2)n1-c1ccccc1. The number of amides is 1. The van der Waals surface area contributed by atoms with Gasteiger partial charge in [0, 0.05) is 26.8 Å². The van der Waals surface area contributed by atoms with Crippen LogP contribution in [0.3, 0.4) is 0 Å². The highest BCUT2D eigenvalue weighted by Crippen LogP contribution is 2.13. The second-order valence-corrected chi connectivity index (χ2v) is 6.51. The first-order valence-corrected chi connectivity index (χ1v) is 8.39. The summed E-state index contributed by atoms with van der Waals surface area (Å²) < 4.78 is 2.85. The summed E-state index contributed by atoms with van der Waals surface area (Å²) in [6.45, 7) is 2.01. The lowest BCUT2D eigenvalue weighted by Crippen LogP contribution is -2.16. The van der Waals surface area contributed by atoms with Gasteiger partial charge >= 0.3 is 0 Å². The van der Waals surface area contributed by atoms with Gasteiger partial charge in [0.1, 0.15) is 0 Å². The third-order valence-electron chi connectivity index (χ3n) is 3.16. The molecule has 0 bridgehead atoms. The van der Waals surface area contributed by atoms with Crippen LogP contribution in [0.4, 0.5) is 0 Å². The third kappa shape index (κ3) is 3.10. The van der Waals surface area contributed by atoms with E-state index in [4.69, 9.17) is 0 Å². The Hall–Kier alpha value is -1.98. The third-order valence-corrected chi connectivity index (χ3v) is 4.60. The van der Waals surface area contributed by atoms with Crippen molar-refractivity contribution in [2.75, 3.05) is 0 Å². The van der Waals surface area contributed by atoms with Crippen LogP contribution in [0.5, 0.6) is 0 Å². The number of hydrogen-bond donors (Lipinski definition) is 0. The second kappa shape index (κ2) is 6.42. The number of thiazole rings is 1. The summed E-state index contributed by atoms with van der Waals surface area (Å²) in [5.41, 5.74) is 2.62. The van der Waals surface area contributed by atoms with Crippen LogP contribution in [0.25, 0.3) is 5.69 Å². The molecule has 3 nitrogen and oxygen atoms in total. The number of carbonyl (C=O) groups excluding carboxylic acids is 1. The molecule has 0 unspecified atom stereocenters. The van der Waals surface area contributed by atoms with Crippen LogP contribution >= 0.6 is 27.3 Å². The average Bonchev–Trinajstić information content (AvgIpc) is 2.89. The fourth-order valence-corrected chi connectivity index (χ4v) is 3.41. The van der Waals surface area contributed by atoms with E-state index in [0.29, 0.717) is 10.4 Å². The predicted molar refractivity (Wildman–Crippen MR) is 92.4 cm³/mol. The zero-order valence-corrected chi connectivity index (χ0v) is 14.3. The molecule has 2 aromatic carbocycles. The topological polar surface area (TPSA) is 34.4 Å². The van der Waals surface area contributed by atoms with E-state index in [0.717, 1.165) is 15.9 Å². The normalized spacial score (nSPS) is 11.6. The molecule has 0 aliphatic rings. The molecule has 0 spiro atoms. The van der Waals surface area contributed by atoms with E-state index in [1.807, 2.05) is 59.3 Å². The van der Waals surface area contributed by atoms with Gasteiger partial charge in [-0.15, -0.1) is 11.3 Å². The van der Waals surface area contributed by atoms with Gasteiger partial charge in [-0.3, -0.25) is 9.36 Å². The molecule has 22 heavy (non-hydrogen) atoms. The quantitative estimate of drug-likeness (QED) is 0.658. The standard InChI is InChI=1S/C17H13BrN2OS/c1-12-11-22-17(20(12)15-8-3-2-4-9-15)19-16(21)13-6-5-7-14(18)10-13/h2-11H,1H3. The van der Waals surface area contributed by atoms with Crippen molar-refractivity contribution < 1.29 is 4.79 Å². The van der Waals surface area contributed by atoms with Crippen LogP contribution in [0.1, 0.15) is 16.1 Å². The van der Waals surface area contributed by atoms with Crippen LogP contribution in [0.15, 0.2) is 69.4 Å². The molecule has 110 valence electrons. The molecule has 0 N–H and O–H groups in total. The number of benzene rings is 2. The van der Waals surface area contributed by atoms with Gasteiger partial charge in [0.25, 0.3) is 5.91 Å². The zero-order chi connectivity index (χ0) is 15.5. The molecule has 3 rings (SSSR count). The molecule has 0 aliphatic heterocycles. The molecule has 0 saturated heterocycles. The van der Waals surface area contributed by atoms with Gasteiger partial charge in [0.15, 0.2) is 4.80 Å². The maximum Gasteiger partial charge on any atom is 0.279 e. The molecule has 3 aromatic rings.